The third kappa shape index (κ3) is 6.52. The monoisotopic (exact) mass is 437 g/mol. The second-order valence-corrected chi connectivity index (χ2v) is 9.04. The molecule has 1 aliphatic heterocycles. The molecule has 0 unspecified atom stereocenters. The van der Waals surface area contributed by atoms with Crippen molar-refractivity contribution < 1.29 is 23.4 Å². The van der Waals surface area contributed by atoms with Crippen LogP contribution in [0.25, 0.3) is 6.08 Å². The van der Waals surface area contributed by atoms with Crippen LogP contribution in [0.2, 0.25) is 0 Å². The van der Waals surface area contributed by atoms with Crippen LogP contribution in [0, 0.1) is 11.3 Å². The predicted molar refractivity (Wildman–Crippen MR) is 116 cm³/mol. The molecule has 1 heterocycles. The first-order valence-electron chi connectivity index (χ1n) is 10.3. The van der Waals surface area contributed by atoms with Crippen molar-refractivity contribution in [3.8, 4) is 6.07 Å². The zero-order valence-electron chi connectivity index (χ0n) is 17.5. The zero-order chi connectivity index (χ0) is 22.1. The van der Waals surface area contributed by atoms with Crippen molar-refractivity contribution in [2.24, 2.45) is 0 Å². The molecule has 0 bridgehead atoms. The molecule has 3 N–H and O–H groups in total. The van der Waals surface area contributed by atoms with Crippen molar-refractivity contribution in [1.29, 1.82) is 5.26 Å². The number of hydrogen-bond donors (Lipinski definition) is 3. The minimum absolute atomic E-state index is 0.227. The average molecular weight is 438 g/mol. The molecule has 1 aromatic carbocycles. The van der Waals surface area contributed by atoms with E-state index in [0.717, 1.165) is 31.6 Å². The highest BCUT2D eigenvalue weighted by molar-refractivity contribution is 7.93. The van der Waals surface area contributed by atoms with Crippen LogP contribution in [-0.2, 0) is 14.8 Å². The molecule has 1 saturated heterocycles. The van der Waals surface area contributed by atoms with Gasteiger partial charge in [0, 0.05) is 31.9 Å². The molecule has 0 radical (unpaired) electrons. The highest BCUT2D eigenvalue weighted by atomic mass is 32.2. The van der Waals surface area contributed by atoms with Gasteiger partial charge < -0.3 is 19.8 Å². The van der Waals surface area contributed by atoms with Crippen molar-refractivity contribution in [3.63, 3.8) is 0 Å². The van der Waals surface area contributed by atoms with Gasteiger partial charge in [-0.1, -0.05) is 26.0 Å². The number of anilines is 1. The van der Waals surface area contributed by atoms with Crippen LogP contribution in [0.4, 0.5) is 5.69 Å². The largest absolute Gasteiger partial charge is 0.390 e. The molecular formula is C21H31N3O5S. The Bertz CT molecular complexity index is 842. The Kier molecular flexibility index (Phi) is 9.27. The summed E-state index contributed by atoms with van der Waals surface area (Å²) in [5, 5.41) is 29.0. The third-order valence-electron chi connectivity index (χ3n) is 4.94. The first-order chi connectivity index (χ1) is 14.3. The number of aliphatic hydroxyl groups is 2. The molecule has 0 spiro atoms. The zero-order valence-corrected chi connectivity index (χ0v) is 18.3. The summed E-state index contributed by atoms with van der Waals surface area (Å²) >= 11 is 0. The van der Waals surface area contributed by atoms with Crippen molar-refractivity contribution >= 4 is 21.8 Å². The normalized spacial score (nSPS) is 22.5. The number of benzene rings is 1. The molecule has 3 atom stereocenters. The Labute approximate surface area is 178 Å². The molecule has 8 nitrogen and oxygen atoms in total. The Hall–Kier alpha value is -1.96. The predicted octanol–water partition coefficient (Wildman–Crippen LogP) is 1.61. The molecule has 166 valence electrons. The van der Waals surface area contributed by atoms with Gasteiger partial charge in [0.05, 0.1) is 12.2 Å². The van der Waals surface area contributed by atoms with Crippen LogP contribution in [0.1, 0.15) is 38.7 Å². The van der Waals surface area contributed by atoms with E-state index in [1.807, 2.05) is 12.1 Å². The summed E-state index contributed by atoms with van der Waals surface area (Å²) in [6.07, 6.45) is 0.642. The van der Waals surface area contributed by atoms with Gasteiger partial charge in [0.2, 0.25) is 0 Å². The van der Waals surface area contributed by atoms with Crippen molar-refractivity contribution in [1.82, 2.24) is 4.72 Å². The van der Waals surface area contributed by atoms with E-state index >= 15 is 0 Å². The maximum absolute atomic E-state index is 12.5. The van der Waals surface area contributed by atoms with E-state index in [9.17, 15) is 23.9 Å². The quantitative estimate of drug-likeness (QED) is 0.475. The van der Waals surface area contributed by atoms with Gasteiger partial charge in [-0.15, -0.1) is 0 Å². The van der Waals surface area contributed by atoms with Gasteiger partial charge in [0.1, 0.15) is 12.2 Å². The molecule has 2 rings (SSSR count). The third-order valence-corrected chi connectivity index (χ3v) is 6.27. The summed E-state index contributed by atoms with van der Waals surface area (Å²) in [5.41, 5.74) is 1.65. The van der Waals surface area contributed by atoms with Gasteiger partial charge in [0.15, 0.2) is 4.91 Å². The number of rotatable bonds is 10. The molecular weight excluding hydrogens is 406 g/mol. The molecule has 0 amide bonds. The first kappa shape index (κ1) is 24.3. The highest BCUT2D eigenvalue weighted by Gasteiger charge is 2.32. The van der Waals surface area contributed by atoms with Crippen LogP contribution in [0.15, 0.2) is 29.2 Å². The number of aliphatic hydroxyl groups excluding tert-OH is 2. The van der Waals surface area contributed by atoms with Crippen LogP contribution >= 0.6 is 0 Å². The van der Waals surface area contributed by atoms with Gasteiger partial charge in [0.25, 0.3) is 10.0 Å². The van der Waals surface area contributed by atoms with E-state index in [2.05, 4.69) is 23.5 Å². The standard InChI is InChI=1S/C21H31N3O5S/c1-3-10-24(11-4-2)17-7-5-16(6-8-17)13-18(14-22)30(27,28)23-15-20-21(26)19(25)9-12-29-20/h5-8,13,19-21,23,25-26H,3-4,9-12,15H2,1-2H3/b18-13+/t19-,20-,21+/m1/s1. The average Bonchev–Trinajstić information content (AvgIpc) is 2.73. The molecule has 9 heteroatoms. The first-order valence-corrected chi connectivity index (χ1v) is 11.7. The maximum Gasteiger partial charge on any atom is 0.250 e. The van der Waals surface area contributed by atoms with Gasteiger partial charge in [-0.2, -0.15) is 5.26 Å². The van der Waals surface area contributed by atoms with Crippen LogP contribution in [-0.4, -0.2) is 63.2 Å². The van der Waals surface area contributed by atoms with Crippen molar-refractivity contribution in [2.75, 3.05) is 31.1 Å². The van der Waals surface area contributed by atoms with E-state index in [1.165, 1.54) is 6.08 Å². The second kappa shape index (κ2) is 11.4. The van der Waals surface area contributed by atoms with Crippen molar-refractivity contribution in [2.45, 2.75) is 51.4 Å². The smallest absolute Gasteiger partial charge is 0.250 e. The van der Waals surface area contributed by atoms with E-state index in [-0.39, 0.29) is 19.6 Å². The van der Waals surface area contributed by atoms with Gasteiger partial charge in [-0.3, -0.25) is 0 Å². The van der Waals surface area contributed by atoms with E-state index in [4.69, 9.17) is 4.74 Å². The molecule has 0 saturated carbocycles. The number of hydrogen-bond acceptors (Lipinski definition) is 7. The van der Waals surface area contributed by atoms with Crippen molar-refractivity contribution in [3.05, 3.63) is 34.7 Å². The Morgan fingerprint density at radius 1 is 1.27 bits per heavy atom. The van der Waals surface area contributed by atoms with Gasteiger partial charge in [-0.05, 0) is 43.0 Å². The minimum atomic E-state index is -4.09. The summed E-state index contributed by atoms with van der Waals surface area (Å²) in [5.74, 6) is 0. The summed E-state index contributed by atoms with van der Waals surface area (Å²) < 4.78 is 32.7. The Balaban J connectivity index is 2.10. The van der Waals surface area contributed by atoms with Crippen LogP contribution in [0.5, 0.6) is 0 Å². The van der Waals surface area contributed by atoms with Gasteiger partial charge >= 0.3 is 0 Å². The number of allylic oxidation sites excluding steroid dienone is 1. The summed E-state index contributed by atoms with van der Waals surface area (Å²) in [6.45, 7) is 6.11. The highest BCUT2D eigenvalue weighted by Crippen LogP contribution is 2.19. The second-order valence-electron chi connectivity index (χ2n) is 7.31. The fourth-order valence-corrected chi connectivity index (χ4v) is 4.27. The number of sulfonamides is 1. The van der Waals surface area contributed by atoms with Crippen LogP contribution in [0.3, 0.4) is 0 Å². The molecule has 1 aliphatic rings. The Morgan fingerprint density at radius 2 is 1.90 bits per heavy atom. The summed E-state index contributed by atoms with van der Waals surface area (Å²) in [6, 6.07) is 9.12. The SMILES string of the molecule is CCCN(CCC)c1ccc(/C=C(\C#N)S(=O)(=O)NC[C@H]2OCC[C@@H](O)[C@@H]2O)cc1. The lowest BCUT2D eigenvalue weighted by Crippen LogP contribution is -2.49. The van der Waals surface area contributed by atoms with Crippen LogP contribution < -0.4 is 9.62 Å². The fraction of sp³-hybridized carbons (Fsp3) is 0.571. The topological polar surface area (TPSA) is 123 Å². The summed E-state index contributed by atoms with van der Waals surface area (Å²) in [4.78, 5) is 1.83. The number of nitriles is 1. The minimum Gasteiger partial charge on any atom is -0.390 e. The maximum atomic E-state index is 12.5. The number of ether oxygens (including phenoxy) is 1. The lowest BCUT2D eigenvalue weighted by atomic mass is 10.0. The summed E-state index contributed by atoms with van der Waals surface area (Å²) in [7, 11) is -4.09. The molecule has 0 aromatic heterocycles. The molecule has 30 heavy (non-hydrogen) atoms. The van der Waals surface area contributed by atoms with E-state index in [0.29, 0.717) is 5.56 Å². The number of nitrogens with one attached hydrogen (secondary N) is 1. The number of nitrogens with zero attached hydrogens (tertiary/aromatic N) is 2. The van der Waals surface area contributed by atoms with Gasteiger partial charge in [-0.25, -0.2) is 13.1 Å². The molecule has 0 aliphatic carbocycles. The fourth-order valence-electron chi connectivity index (χ4n) is 3.32. The lowest BCUT2D eigenvalue weighted by Gasteiger charge is -2.31. The molecule has 1 aromatic rings. The van der Waals surface area contributed by atoms with E-state index in [1.54, 1.807) is 18.2 Å². The Morgan fingerprint density at radius 3 is 2.47 bits per heavy atom. The lowest BCUT2D eigenvalue weighted by molar-refractivity contribution is -0.131. The molecule has 1 fully saturated rings. The van der Waals surface area contributed by atoms with E-state index < -0.39 is 33.2 Å².